The summed E-state index contributed by atoms with van der Waals surface area (Å²) < 4.78 is 5.67. The molecule has 2 aromatic rings. The molecular formula is C14H9ClN2O2S. The largest absolute Gasteiger partial charge is 0.457 e. The molecule has 0 saturated carbocycles. The first-order chi connectivity index (χ1) is 9.63. The second-order valence-electron chi connectivity index (χ2n) is 4.15. The lowest BCUT2D eigenvalue weighted by Crippen LogP contribution is -2.21. The second-order valence-corrected chi connectivity index (χ2v) is 4.96. The molecule has 0 bridgehead atoms. The minimum Gasteiger partial charge on any atom is -0.457 e. The monoisotopic (exact) mass is 304 g/mol. The third-order valence-electron chi connectivity index (χ3n) is 2.77. The minimum atomic E-state index is -0.273. The van der Waals surface area contributed by atoms with Crippen LogP contribution in [0.15, 0.2) is 46.5 Å². The molecule has 1 aromatic heterocycles. The number of rotatable bonds is 2. The molecule has 20 heavy (non-hydrogen) atoms. The van der Waals surface area contributed by atoms with Crippen LogP contribution in [0.5, 0.6) is 0 Å². The lowest BCUT2D eigenvalue weighted by Gasteiger charge is -1.99. The number of nitrogens with one attached hydrogen (secondary N) is 2. The van der Waals surface area contributed by atoms with Crippen molar-refractivity contribution in [2.24, 2.45) is 0 Å². The van der Waals surface area contributed by atoms with Crippen LogP contribution in [0.3, 0.4) is 0 Å². The highest BCUT2D eigenvalue weighted by atomic mass is 35.5. The summed E-state index contributed by atoms with van der Waals surface area (Å²) in [4.78, 5) is 11.5. The highest BCUT2D eigenvalue weighted by Gasteiger charge is 2.20. The average Bonchev–Trinajstić information content (AvgIpc) is 2.98. The molecule has 1 amide bonds. The predicted octanol–water partition coefficient (Wildman–Crippen LogP) is 2.95. The molecule has 2 heterocycles. The quantitative estimate of drug-likeness (QED) is 0.661. The van der Waals surface area contributed by atoms with Crippen molar-refractivity contribution in [1.29, 1.82) is 0 Å². The molecular weight excluding hydrogens is 296 g/mol. The summed E-state index contributed by atoms with van der Waals surface area (Å²) in [5.41, 5.74) is 1.16. The Morgan fingerprint density at radius 2 is 1.95 bits per heavy atom. The number of thiocarbonyl (C=S) groups is 1. The Morgan fingerprint density at radius 3 is 2.65 bits per heavy atom. The molecule has 1 aromatic carbocycles. The van der Waals surface area contributed by atoms with E-state index in [1.54, 1.807) is 24.3 Å². The van der Waals surface area contributed by atoms with Gasteiger partial charge in [0.15, 0.2) is 5.11 Å². The van der Waals surface area contributed by atoms with Gasteiger partial charge in [0, 0.05) is 11.6 Å². The topological polar surface area (TPSA) is 54.3 Å². The fraction of sp³-hybridized carbons (Fsp3) is 0. The first kappa shape index (κ1) is 12.9. The van der Waals surface area contributed by atoms with Crippen LogP contribution in [0.1, 0.15) is 5.76 Å². The average molecular weight is 305 g/mol. The van der Waals surface area contributed by atoms with Crippen LogP contribution in [-0.4, -0.2) is 11.0 Å². The molecule has 1 aliphatic heterocycles. The lowest BCUT2D eigenvalue weighted by atomic mass is 10.2. The lowest BCUT2D eigenvalue weighted by molar-refractivity contribution is -0.115. The third-order valence-corrected chi connectivity index (χ3v) is 3.31. The summed E-state index contributed by atoms with van der Waals surface area (Å²) in [6.07, 6.45) is 1.59. The molecule has 1 fully saturated rings. The minimum absolute atomic E-state index is 0.273. The predicted molar refractivity (Wildman–Crippen MR) is 81.0 cm³/mol. The summed E-state index contributed by atoms with van der Waals surface area (Å²) in [5.74, 6) is 0.913. The van der Waals surface area contributed by atoms with Gasteiger partial charge in [0.25, 0.3) is 5.91 Å². The van der Waals surface area contributed by atoms with E-state index in [2.05, 4.69) is 10.6 Å². The van der Waals surface area contributed by atoms with Crippen molar-refractivity contribution in [1.82, 2.24) is 10.6 Å². The maximum atomic E-state index is 11.5. The Hall–Kier alpha value is -2.11. The number of carbonyl (C=O) groups is 1. The van der Waals surface area contributed by atoms with Crippen molar-refractivity contribution in [3.63, 3.8) is 0 Å². The van der Waals surface area contributed by atoms with Gasteiger partial charge in [-0.15, -0.1) is 0 Å². The maximum Gasteiger partial charge on any atom is 0.274 e. The van der Waals surface area contributed by atoms with E-state index >= 15 is 0 Å². The van der Waals surface area contributed by atoms with Gasteiger partial charge in [-0.1, -0.05) is 23.7 Å². The molecule has 2 N–H and O–H groups in total. The SMILES string of the molecule is O=C1NC(=S)N/C1=C/c1ccc(-c2ccccc2Cl)o1. The Morgan fingerprint density at radius 1 is 1.15 bits per heavy atom. The summed E-state index contributed by atoms with van der Waals surface area (Å²) >= 11 is 11.0. The van der Waals surface area contributed by atoms with Gasteiger partial charge >= 0.3 is 0 Å². The molecule has 3 rings (SSSR count). The van der Waals surface area contributed by atoms with E-state index in [0.717, 1.165) is 5.56 Å². The normalized spacial score (nSPS) is 16.4. The molecule has 0 aliphatic carbocycles. The molecule has 6 heteroatoms. The van der Waals surface area contributed by atoms with E-state index in [4.69, 9.17) is 28.2 Å². The van der Waals surface area contributed by atoms with Gasteiger partial charge in [-0.2, -0.15) is 0 Å². The van der Waals surface area contributed by atoms with Crippen molar-refractivity contribution < 1.29 is 9.21 Å². The van der Waals surface area contributed by atoms with Crippen molar-refractivity contribution >= 4 is 40.9 Å². The van der Waals surface area contributed by atoms with Gasteiger partial charge in [-0.25, -0.2) is 0 Å². The summed E-state index contributed by atoms with van der Waals surface area (Å²) in [6, 6.07) is 11.0. The molecule has 4 nitrogen and oxygen atoms in total. The highest BCUT2D eigenvalue weighted by molar-refractivity contribution is 7.80. The Labute approximate surface area is 125 Å². The van der Waals surface area contributed by atoms with Gasteiger partial charge in [0.1, 0.15) is 17.2 Å². The number of amides is 1. The first-order valence-corrected chi connectivity index (χ1v) is 6.61. The van der Waals surface area contributed by atoms with Crippen LogP contribution in [0.2, 0.25) is 5.02 Å². The molecule has 1 aliphatic rings. The van der Waals surface area contributed by atoms with Crippen LogP contribution in [0.4, 0.5) is 0 Å². The van der Waals surface area contributed by atoms with Gasteiger partial charge < -0.3 is 9.73 Å². The zero-order chi connectivity index (χ0) is 14.1. The summed E-state index contributed by atoms with van der Waals surface area (Å²) in [6.45, 7) is 0. The van der Waals surface area contributed by atoms with Gasteiger partial charge in [0.2, 0.25) is 0 Å². The fourth-order valence-electron chi connectivity index (χ4n) is 1.86. The molecule has 0 atom stereocenters. The van der Waals surface area contributed by atoms with E-state index in [0.29, 0.717) is 27.4 Å². The summed E-state index contributed by atoms with van der Waals surface area (Å²) in [5, 5.41) is 6.14. The number of halogens is 1. The van der Waals surface area contributed by atoms with E-state index in [1.807, 2.05) is 18.2 Å². The van der Waals surface area contributed by atoms with E-state index < -0.39 is 0 Å². The van der Waals surface area contributed by atoms with Crippen LogP contribution < -0.4 is 10.6 Å². The Bertz CT molecular complexity index is 736. The number of hydrogen-bond donors (Lipinski definition) is 2. The number of hydrogen-bond acceptors (Lipinski definition) is 3. The van der Waals surface area contributed by atoms with Crippen LogP contribution in [0.25, 0.3) is 17.4 Å². The van der Waals surface area contributed by atoms with Gasteiger partial charge in [-0.05, 0) is 36.5 Å². The van der Waals surface area contributed by atoms with E-state index in [9.17, 15) is 4.79 Å². The van der Waals surface area contributed by atoms with Crippen molar-refractivity contribution in [3.05, 3.63) is 52.9 Å². The third kappa shape index (κ3) is 2.45. The second kappa shape index (κ2) is 5.11. The van der Waals surface area contributed by atoms with E-state index in [-0.39, 0.29) is 5.91 Å². The Balaban J connectivity index is 1.92. The van der Waals surface area contributed by atoms with E-state index in [1.165, 1.54) is 0 Å². The first-order valence-electron chi connectivity index (χ1n) is 5.82. The zero-order valence-electron chi connectivity index (χ0n) is 10.1. The highest BCUT2D eigenvalue weighted by Crippen LogP contribution is 2.29. The summed E-state index contributed by atoms with van der Waals surface area (Å²) in [7, 11) is 0. The van der Waals surface area contributed by atoms with Crippen LogP contribution in [-0.2, 0) is 4.79 Å². The van der Waals surface area contributed by atoms with Gasteiger partial charge in [0.05, 0.1) is 5.02 Å². The fourth-order valence-corrected chi connectivity index (χ4v) is 2.29. The number of carbonyl (C=O) groups excluding carboxylic acids is 1. The zero-order valence-corrected chi connectivity index (χ0v) is 11.7. The Kier molecular flexibility index (Phi) is 3.30. The maximum absolute atomic E-state index is 11.5. The molecule has 1 saturated heterocycles. The molecule has 0 spiro atoms. The number of furan rings is 1. The van der Waals surface area contributed by atoms with Crippen LogP contribution >= 0.6 is 23.8 Å². The van der Waals surface area contributed by atoms with Crippen molar-refractivity contribution in [2.45, 2.75) is 0 Å². The molecule has 0 unspecified atom stereocenters. The van der Waals surface area contributed by atoms with Crippen molar-refractivity contribution in [3.8, 4) is 11.3 Å². The molecule has 0 radical (unpaired) electrons. The smallest absolute Gasteiger partial charge is 0.274 e. The van der Waals surface area contributed by atoms with Crippen molar-refractivity contribution in [2.75, 3.05) is 0 Å². The standard InChI is InChI=1S/C14H9ClN2O2S/c15-10-4-2-1-3-9(10)12-6-5-8(19-12)7-11-13(18)17-14(20)16-11/h1-7H,(H2,16,17,18,20)/b11-7+. The number of benzene rings is 1. The molecule has 100 valence electrons. The van der Waals surface area contributed by atoms with Gasteiger partial charge in [-0.3, -0.25) is 10.1 Å². The van der Waals surface area contributed by atoms with Crippen LogP contribution in [0, 0.1) is 0 Å².